The van der Waals surface area contributed by atoms with Crippen LogP contribution in [0.5, 0.6) is 0 Å². The molecule has 0 atom stereocenters. The number of hydrogen-bond acceptors (Lipinski definition) is 2. The zero-order valence-corrected chi connectivity index (χ0v) is 33.2. The third kappa shape index (κ3) is 6.06. The first-order valence-electron chi connectivity index (χ1n) is 20.8. The van der Waals surface area contributed by atoms with Crippen molar-refractivity contribution in [3.05, 3.63) is 231 Å². The topological polar surface area (TPSA) is 21.3 Å². The van der Waals surface area contributed by atoms with Crippen molar-refractivity contribution in [3.63, 3.8) is 0 Å². The van der Waals surface area contributed by atoms with E-state index < -0.39 is 0 Å². The first kappa shape index (κ1) is 34.9. The molecule has 0 unspecified atom stereocenters. The van der Waals surface area contributed by atoms with Crippen molar-refractivity contribution >= 4 is 71.6 Å². The number of hydrogen-bond donors (Lipinski definition) is 0. The Hall–Kier alpha value is -8.14. The number of fused-ring (bicyclic) bond motifs is 7. The molecule has 286 valence electrons. The van der Waals surface area contributed by atoms with Crippen LogP contribution in [0.4, 0.5) is 17.1 Å². The molecule has 2 aromatic heterocycles. The molecule has 3 heteroatoms. The summed E-state index contributed by atoms with van der Waals surface area (Å²) in [6.45, 7) is 0. The Morgan fingerprint density at radius 1 is 0.295 bits per heavy atom. The molecule has 10 aromatic carbocycles. The van der Waals surface area contributed by atoms with Gasteiger partial charge in [0.1, 0.15) is 11.2 Å². The number of furan rings is 1. The molecule has 0 aliphatic carbocycles. The van der Waals surface area contributed by atoms with Crippen molar-refractivity contribution in [1.29, 1.82) is 0 Å². The molecule has 0 spiro atoms. The molecule has 0 fully saturated rings. The normalized spacial score (nSPS) is 11.6. The highest BCUT2D eigenvalue weighted by Gasteiger charge is 2.16. The Bertz CT molecular complexity index is 3520. The molecular formula is C58H38N2O. The van der Waals surface area contributed by atoms with Gasteiger partial charge in [0.15, 0.2) is 0 Å². The van der Waals surface area contributed by atoms with Gasteiger partial charge in [-0.1, -0.05) is 146 Å². The van der Waals surface area contributed by atoms with Crippen LogP contribution in [-0.2, 0) is 0 Å². The lowest BCUT2D eigenvalue weighted by Crippen LogP contribution is -2.09. The summed E-state index contributed by atoms with van der Waals surface area (Å²) in [4.78, 5) is 2.36. The predicted octanol–water partition coefficient (Wildman–Crippen LogP) is 16.3. The van der Waals surface area contributed by atoms with E-state index in [0.29, 0.717) is 0 Å². The molecule has 12 aromatic rings. The molecule has 0 radical (unpaired) electrons. The largest absolute Gasteiger partial charge is 0.456 e. The van der Waals surface area contributed by atoms with E-state index in [-0.39, 0.29) is 0 Å². The summed E-state index contributed by atoms with van der Waals surface area (Å²) in [7, 11) is 0. The minimum absolute atomic E-state index is 0.907. The maximum atomic E-state index is 6.24. The van der Waals surface area contributed by atoms with E-state index in [1.54, 1.807) is 0 Å². The number of anilines is 3. The summed E-state index contributed by atoms with van der Waals surface area (Å²) in [5, 5.41) is 7.18. The van der Waals surface area contributed by atoms with Crippen LogP contribution in [0.15, 0.2) is 235 Å². The second-order valence-corrected chi connectivity index (χ2v) is 15.8. The summed E-state index contributed by atoms with van der Waals surface area (Å²) in [6.07, 6.45) is 0. The molecule has 0 amide bonds. The molecule has 0 bridgehead atoms. The third-order valence-corrected chi connectivity index (χ3v) is 12.2. The van der Waals surface area contributed by atoms with Gasteiger partial charge in [-0.05, 0) is 129 Å². The second-order valence-electron chi connectivity index (χ2n) is 15.8. The van der Waals surface area contributed by atoms with Crippen LogP contribution < -0.4 is 4.90 Å². The van der Waals surface area contributed by atoms with Gasteiger partial charge in [0.25, 0.3) is 0 Å². The lowest BCUT2D eigenvalue weighted by molar-refractivity contribution is 0.669. The van der Waals surface area contributed by atoms with Crippen LogP contribution in [0.1, 0.15) is 0 Å². The van der Waals surface area contributed by atoms with E-state index in [9.17, 15) is 0 Å². The van der Waals surface area contributed by atoms with Crippen LogP contribution in [0.2, 0.25) is 0 Å². The van der Waals surface area contributed by atoms with Crippen molar-refractivity contribution in [1.82, 2.24) is 4.57 Å². The number of nitrogens with zero attached hydrogens (tertiary/aromatic N) is 2. The maximum Gasteiger partial charge on any atom is 0.136 e. The highest BCUT2D eigenvalue weighted by atomic mass is 16.3. The standard InChI is InChI=1S/C58H38N2O/c1-2-11-39(12-3-1)40-23-29-47(30-24-40)59(50-33-27-44-35-43(21-22-45(44)37-50)46-28-34-54-53-17-6-9-20-57(53)61-58(54)38-46)48-31-25-41(26-32-48)42-13-10-14-49(36-42)60-55-18-7-4-15-51(55)52-16-5-8-19-56(52)60/h1-38H. The number of para-hydroxylation sites is 3. The SMILES string of the molecule is c1ccc(-c2ccc(N(c3ccc(-c4cccc(-n5c6ccccc6c6ccccc65)c4)cc3)c3ccc4cc(-c5ccc6c(c5)oc5ccccc56)ccc4c3)cc2)cc1. The predicted molar refractivity (Wildman–Crippen MR) is 257 cm³/mol. The van der Waals surface area contributed by atoms with Gasteiger partial charge >= 0.3 is 0 Å². The van der Waals surface area contributed by atoms with Crippen LogP contribution in [0.3, 0.4) is 0 Å². The Morgan fingerprint density at radius 2 is 0.787 bits per heavy atom. The molecule has 0 saturated carbocycles. The van der Waals surface area contributed by atoms with Crippen molar-refractivity contribution in [2.75, 3.05) is 4.90 Å². The molecular weight excluding hydrogens is 741 g/mol. The van der Waals surface area contributed by atoms with E-state index in [0.717, 1.165) is 61.4 Å². The Kier molecular flexibility index (Phi) is 8.17. The fourth-order valence-electron chi connectivity index (χ4n) is 9.17. The number of rotatable bonds is 7. The fourth-order valence-corrected chi connectivity index (χ4v) is 9.17. The van der Waals surface area contributed by atoms with E-state index in [4.69, 9.17) is 4.42 Å². The van der Waals surface area contributed by atoms with E-state index in [1.807, 2.05) is 12.1 Å². The summed E-state index contributed by atoms with van der Waals surface area (Å²) in [5.41, 5.74) is 15.7. The Balaban J connectivity index is 0.913. The zero-order chi connectivity index (χ0) is 40.3. The average Bonchev–Trinajstić information content (AvgIpc) is 3.88. The van der Waals surface area contributed by atoms with Crippen LogP contribution >= 0.6 is 0 Å². The molecule has 0 aliphatic rings. The maximum absolute atomic E-state index is 6.24. The molecule has 0 N–H and O–H groups in total. The molecule has 0 saturated heterocycles. The Morgan fingerprint density at radius 3 is 1.52 bits per heavy atom. The summed E-state index contributed by atoms with van der Waals surface area (Å²) in [6, 6.07) is 83.0. The Labute approximate surface area is 353 Å². The quantitative estimate of drug-likeness (QED) is 0.161. The molecule has 61 heavy (non-hydrogen) atoms. The minimum Gasteiger partial charge on any atom is -0.456 e. The van der Waals surface area contributed by atoms with Crippen molar-refractivity contribution in [3.8, 4) is 39.1 Å². The van der Waals surface area contributed by atoms with E-state index >= 15 is 0 Å². The highest BCUT2D eigenvalue weighted by molar-refractivity contribution is 6.09. The first-order valence-corrected chi connectivity index (χ1v) is 20.8. The average molecular weight is 779 g/mol. The van der Waals surface area contributed by atoms with E-state index in [1.165, 1.54) is 49.3 Å². The number of benzene rings is 10. The van der Waals surface area contributed by atoms with Gasteiger partial charge in [-0.2, -0.15) is 0 Å². The molecule has 3 nitrogen and oxygen atoms in total. The van der Waals surface area contributed by atoms with Crippen LogP contribution in [-0.4, -0.2) is 4.57 Å². The summed E-state index contributed by atoms with van der Waals surface area (Å²) in [5.74, 6) is 0. The molecule has 2 heterocycles. The first-order chi connectivity index (χ1) is 30.2. The van der Waals surface area contributed by atoms with Crippen molar-refractivity contribution in [2.24, 2.45) is 0 Å². The van der Waals surface area contributed by atoms with Gasteiger partial charge in [-0.25, -0.2) is 0 Å². The van der Waals surface area contributed by atoms with E-state index in [2.05, 4.69) is 228 Å². The second kappa shape index (κ2) is 14.3. The van der Waals surface area contributed by atoms with Gasteiger partial charge in [-0.3, -0.25) is 0 Å². The fraction of sp³-hybridized carbons (Fsp3) is 0. The number of aromatic nitrogens is 1. The summed E-state index contributed by atoms with van der Waals surface area (Å²) < 4.78 is 8.62. The summed E-state index contributed by atoms with van der Waals surface area (Å²) >= 11 is 0. The minimum atomic E-state index is 0.907. The lowest BCUT2D eigenvalue weighted by atomic mass is 9.99. The van der Waals surface area contributed by atoms with Gasteiger partial charge < -0.3 is 13.9 Å². The van der Waals surface area contributed by atoms with Crippen LogP contribution in [0.25, 0.3) is 93.6 Å². The molecule has 12 rings (SSSR count). The van der Waals surface area contributed by atoms with Crippen molar-refractivity contribution in [2.45, 2.75) is 0 Å². The van der Waals surface area contributed by atoms with Crippen LogP contribution in [0, 0.1) is 0 Å². The van der Waals surface area contributed by atoms with Crippen molar-refractivity contribution < 1.29 is 4.42 Å². The molecule has 0 aliphatic heterocycles. The van der Waals surface area contributed by atoms with Gasteiger partial charge in [0, 0.05) is 44.3 Å². The van der Waals surface area contributed by atoms with Gasteiger partial charge in [-0.15, -0.1) is 0 Å². The highest BCUT2D eigenvalue weighted by Crippen LogP contribution is 2.40. The lowest BCUT2D eigenvalue weighted by Gasteiger charge is -2.26. The third-order valence-electron chi connectivity index (χ3n) is 12.2. The zero-order valence-electron chi connectivity index (χ0n) is 33.2. The monoisotopic (exact) mass is 778 g/mol. The smallest absolute Gasteiger partial charge is 0.136 e. The van der Waals surface area contributed by atoms with Gasteiger partial charge in [0.2, 0.25) is 0 Å². The van der Waals surface area contributed by atoms with Gasteiger partial charge in [0.05, 0.1) is 11.0 Å².